The zero-order valence-electron chi connectivity index (χ0n) is 15.1. The monoisotopic (exact) mass is 334 g/mol. The number of para-hydroxylation sites is 1. The number of fused-ring (bicyclic) bond motifs is 1. The van der Waals surface area contributed by atoms with Crippen molar-refractivity contribution in [2.45, 2.75) is 39.8 Å². The van der Waals surface area contributed by atoms with Gasteiger partial charge in [-0.25, -0.2) is 0 Å². The summed E-state index contributed by atoms with van der Waals surface area (Å²) in [5, 5.41) is 9.46. The van der Waals surface area contributed by atoms with Crippen LogP contribution >= 0.6 is 0 Å². The molecule has 134 valence electrons. The van der Waals surface area contributed by atoms with E-state index in [9.17, 15) is 5.11 Å². The van der Waals surface area contributed by atoms with E-state index >= 15 is 0 Å². The number of rotatable bonds is 5. The molecule has 0 aliphatic carbocycles. The Hall–Kier alpha value is -1.30. The van der Waals surface area contributed by atoms with Crippen LogP contribution in [0, 0.1) is 5.41 Å². The maximum atomic E-state index is 9.46. The average Bonchev–Trinajstić information content (AvgIpc) is 2.98. The topological polar surface area (TPSA) is 45.2 Å². The lowest BCUT2D eigenvalue weighted by atomic mass is 9.94. The number of benzene rings is 1. The Morgan fingerprint density at radius 2 is 2.04 bits per heavy atom. The number of aliphatic hydroxyl groups is 1. The molecule has 1 N–H and O–H groups in total. The number of piperazine rings is 1. The second-order valence-corrected chi connectivity index (χ2v) is 8.08. The molecule has 2 aliphatic heterocycles. The Morgan fingerprint density at radius 3 is 2.79 bits per heavy atom. The fourth-order valence-corrected chi connectivity index (χ4v) is 3.70. The summed E-state index contributed by atoms with van der Waals surface area (Å²) in [7, 11) is 0. The molecule has 5 heteroatoms. The summed E-state index contributed by atoms with van der Waals surface area (Å²) in [4.78, 5) is 5.01. The van der Waals surface area contributed by atoms with E-state index in [0.717, 1.165) is 50.6 Å². The van der Waals surface area contributed by atoms with E-state index in [-0.39, 0.29) is 12.0 Å². The minimum absolute atomic E-state index is 0.247. The number of nitrogens with zero attached hydrogens (tertiary/aromatic N) is 2. The molecule has 1 unspecified atom stereocenters. The third kappa shape index (κ3) is 4.21. The Labute approximate surface area is 145 Å². The molecule has 0 bridgehead atoms. The molecule has 0 saturated carbocycles. The summed E-state index contributed by atoms with van der Waals surface area (Å²) in [5.74, 6) is 1.75. The number of hydrogen-bond donors (Lipinski definition) is 1. The van der Waals surface area contributed by atoms with Crippen LogP contribution in [0.4, 0.5) is 0 Å². The summed E-state index contributed by atoms with van der Waals surface area (Å²) in [6.07, 6.45) is 0.832. The fourth-order valence-electron chi connectivity index (χ4n) is 3.70. The molecule has 24 heavy (non-hydrogen) atoms. The van der Waals surface area contributed by atoms with Gasteiger partial charge in [-0.3, -0.25) is 9.80 Å². The fraction of sp³-hybridized carbons (Fsp3) is 0.684. The summed E-state index contributed by atoms with van der Waals surface area (Å²) in [6, 6.07) is 6.53. The Balaban J connectivity index is 1.65. The summed E-state index contributed by atoms with van der Waals surface area (Å²) >= 11 is 0. The Kier molecular flexibility index (Phi) is 5.33. The predicted molar refractivity (Wildman–Crippen MR) is 94.4 cm³/mol. The molecule has 2 heterocycles. The van der Waals surface area contributed by atoms with Gasteiger partial charge in [-0.05, 0) is 17.9 Å². The van der Waals surface area contributed by atoms with Crippen molar-refractivity contribution in [2.24, 2.45) is 5.41 Å². The predicted octanol–water partition coefficient (Wildman–Crippen LogP) is 2.33. The van der Waals surface area contributed by atoms with E-state index in [2.05, 4.69) is 36.6 Å². The van der Waals surface area contributed by atoms with Crippen LogP contribution in [0.2, 0.25) is 0 Å². The van der Waals surface area contributed by atoms with Gasteiger partial charge in [0.2, 0.25) is 6.79 Å². The number of ether oxygens (including phenoxy) is 2. The number of hydrogen-bond acceptors (Lipinski definition) is 5. The van der Waals surface area contributed by atoms with Crippen LogP contribution in [0.5, 0.6) is 11.5 Å². The highest BCUT2D eigenvalue weighted by atomic mass is 16.7. The highest BCUT2D eigenvalue weighted by molar-refractivity contribution is 5.48. The number of aliphatic hydroxyl groups excluding tert-OH is 1. The van der Waals surface area contributed by atoms with Crippen molar-refractivity contribution in [3.63, 3.8) is 0 Å². The minimum Gasteiger partial charge on any atom is -0.454 e. The van der Waals surface area contributed by atoms with Crippen LogP contribution in [-0.4, -0.2) is 60.5 Å². The summed E-state index contributed by atoms with van der Waals surface area (Å²) in [6.45, 7) is 12.4. The highest BCUT2D eigenvalue weighted by Gasteiger charge is 2.30. The van der Waals surface area contributed by atoms with Gasteiger partial charge in [0.15, 0.2) is 11.5 Å². The van der Waals surface area contributed by atoms with Gasteiger partial charge in [-0.1, -0.05) is 32.9 Å². The Bertz CT molecular complexity index is 556. The zero-order chi connectivity index (χ0) is 17.2. The lowest BCUT2D eigenvalue weighted by molar-refractivity contribution is 0.0336. The largest absolute Gasteiger partial charge is 0.454 e. The molecule has 1 saturated heterocycles. The molecule has 3 rings (SSSR count). The molecule has 1 atom stereocenters. The first kappa shape index (κ1) is 17.5. The van der Waals surface area contributed by atoms with E-state index in [1.807, 2.05) is 12.1 Å². The molecule has 2 aliphatic rings. The Morgan fingerprint density at radius 1 is 1.21 bits per heavy atom. The third-order valence-electron chi connectivity index (χ3n) is 4.70. The summed E-state index contributed by atoms with van der Waals surface area (Å²) in [5.41, 5.74) is 1.47. The van der Waals surface area contributed by atoms with Crippen LogP contribution in [-0.2, 0) is 6.54 Å². The van der Waals surface area contributed by atoms with E-state index in [1.54, 1.807) is 0 Å². The lowest BCUT2D eigenvalue weighted by Gasteiger charge is -2.44. The van der Waals surface area contributed by atoms with Crippen molar-refractivity contribution in [2.75, 3.05) is 39.6 Å². The molecule has 0 amide bonds. The van der Waals surface area contributed by atoms with Crippen molar-refractivity contribution >= 4 is 0 Å². The minimum atomic E-state index is 0.247. The zero-order valence-corrected chi connectivity index (χ0v) is 15.1. The molecule has 0 aromatic heterocycles. The third-order valence-corrected chi connectivity index (χ3v) is 4.70. The van der Waals surface area contributed by atoms with Crippen molar-refractivity contribution in [1.82, 2.24) is 9.80 Å². The maximum Gasteiger partial charge on any atom is 0.231 e. The molecule has 1 fully saturated rings. The van der Waals surface area contributed by atoms with Gasteiger partial charge in [0.1, 0.15) is 0 Å². The lowest BCUT2D eigenvalue weighted by Crippen LogP contribution is -2.54. The smallest absolute Gasteiger partial charge is 0.231 e. The van der Waals surface area contributed by atoms with Gasteiger partial charge in [0.25, 0.3) is 0 Å². The summed E-state index contributed by atoms with van der Waals surface area (Å²) < 4.78 is 11.1. The molecular formula is C19H30N2O3. The molecule has 0 spiro atoms. The molecule has 5 nitrogen and oxygen atoms in total. The quantitative estimate of drug-likeness (QED) is 0.895. The van der Waals surface area contributed by atoms with Crippen LogP contribution in [0.15, 0.2) is 18.2 Å². The normalized spacial score (nSPS) is 22.1. The SMILES string of the molecule is CC(C)(C)CN1CCN(Cc2cccc3c2OCO3)CC1CCO. The second kappa shape index (κ2) is 7.30. The second-order valence-electron chi connectivity index (χ2n) is 8.08. The van der Waals surface area contributed by atoms with Crippen molar-refractivity contribution in [3.05, 3.63) is 23.8 Å². The van der Waals surface area contributed by atoms with E-state index < -0.39 is 0 Å². The molecular weight excluding hydrogens is 304 g/mol. The average molecular weight is 334 g/mol. The van der Waals surface area contributed by atoms with Gasteiger partial charge in [0, 0.05) is 50.9 Å². The molecule has 1 aromatic carbocycles. The van der Waals surface area contributed by atoms with Crippen LogP contribution in [0.25, 0.3) is 0 Å². The van der Waals surface area contributed by atoms with Gasteiger partial charge in [-0.15, -0.1) is 0 Å². The first-order valence-corrected chi connectivity index (χ1v) is 8.91. The van der Waals surface area contributed by atoms with Gasteiger partial charge in [-0.2, -0.15) is 0 Å². The molecule has 1 aromatic rings. The highest BCUT2D eigenvalue weighted by Crippen LogP contribution is 2.36. The van der Waals surface area contributed by atoms with Crippen LogP contribution < -0.4 is 9.47 Å². The van der Waals surface area contributed by atoms with E-state index in [0.29, 0.717) is 12.8 Å². The maximum absolute atomic E-state index is 9.46. The van der Waals surface area contributed by atoms with Gasteiger partial charge in [0.05, 0.1) is 0 Å². The van der Waals surface area contributed by atoms with Crippen molar-refractivity contribution < 1.29 is 14.6 Å². The van der Waals surface area contributed by atoms with E-state index in [1.165, 1.54) is 5.56 Å². The van der Waals surface area contributed by atoms with E-state index in [4.69, 9.17) is 9.47 Å². The standard InChI is InChI=1S/C19H30N2O3/c1-19(2,3)13-21-9-8-20(12-16(21)7-10-22)11-15-5-4-6-17-18(15)24-14-23-17/h4-6,16,22H,7-14H2,1-3H3. The van der Waals surface area contributed by atoms with Gasteiger partial charge >= 0.3 is 0 Å². The first-order valence-electron chi connectivity index (χ1n) is 8.91. The van der Waals surface area contributed by atoms with Gasteiger partial charge < -0.3 is 14.6 Å². The van der Waals surface area contributed by atoms with Crippen LogP contribution in [0.3, 0.4) is 0 Å². The molecule has 0 radical (unpaired) electrons. The van der Waals surface area contributed by atoms with Crippen molar-refractivity contribution in [1.29, 1.82) is 0 Å². The van der Waals surface area contributed by atoms with Crippen molar-refractivity contribution in [3.8, 4) is 11.5 Å². The van der Waals surface area contributed by atoms with Crippen LogP contribution in [0.1, 0.15) is 32.8 Å². The first-order chi connectivity index (χ1) is 11.5.